The second-order valence-electron chi connectivity index (χ2n) is 16.2. The van der Waals surface area contributed by atoms with E-state index in [9.17, 15) is 14.7 Å². The Balaban J connectivity index is 0.000000433. The van der Waals surface area contributed by atoms with Gasteiger partial charge in [-0.3, -0.25) is 4.79 Å². The van der Waals surface area contributed by atoms with Crippen LogP contribution in [-0.2, 0) is 38.9 Å². The summed E-state index contributed by atoms with van der Waals surface area (Å²) < 4.78 is 23.5. The van der Waals surface area contributed by atoms with Gasteiger partial charge >= 0.3 is 5.97 Å². The van der Waals surface area contributed by atoms with Gasteiger partial charge in [-0.1, -0.05) is 114 Å². The number of rotatable bonds is 24. The Hall–Kier alpha value is -8.33. The number of hydrogen-bond acceptors (Lipinski definition) is 16. The summed E-state index contributed by atoms with van der Waals surface area (Å²) in [5, 5.41) is 47.8. The highest BCUT2D eigenvalue weighted by atomic mass is 16.7. The maximum absolute atomic E-state index is 11.0. The average molecular weight is 1040 g/mol. The topological polar surface area (TPSA) is 248 Å². The number of nitriles is 1. The molecule has 0 heterocycles. The average Bonchev–Trinajstić information content (AvgIpc) is 3.47. The normalized spacial score (nSPS) is 10.9. The monoisotopic (exact) mass is 1040 g/mol. The van der Waals surface area contributed by atoms with Crippen molar-refractivity contribution in [1.29, 1.82) is 10.7 Å². The molecule has 0 amide bonds. The lowest BCUT2D eigenvalue weighted by Crippen LogP contribution is -2.24. The minimum atomic E-state index is -0.467. The maximum atomic E-state index is 11.0. The summed E-state index contributed by atoms with van der Waals surface area (Å²) >= 11 is 0. The molecular weight excluding hydrogens is 967 g/mol. The lowest BCUT2D eigenvalue weighted by Gasteiger charge is -2.21. The van der Waals surface area contributed by atoms with Crippen LogP contribution < -0.4 is 30.2 Å². The van der Waals surface area contributed by atoms with Crippen LogP contribution in [0, 0.1) is 23.7 Å². The first-order valence-corrected chi connectivity index (χ1v) is 24.3. The number of aliphatic hydroxyl groups is 3. The maximum Gasteiger partial charge on any atom is 0.324 e. The van der Waals surface area contributed by atoms with Crippen molar-refractivity contribution in [3.05, 3.63) is 196 Å². The van der Waals surface area contributed by atoms with Gasteiger partial charge in [-0.05, 0) is 117 Å². The van der Waals surface area contributed by atoms with E-state index in [4.69, 9.17) is 44.7 Å². The summed E-state index contributed by atoms with van der Waals surface area (Å²) in [6, 6.07) is 50.5. The molecule has 6 rings (SSSR count). The molecular formula is C60H73N5O11. The number of benzene rings is 6. The largest absolute Gasteiger partial charge is 0.512 e. The number of nitrogens with zero attached hydrogens (tertiary/aromatic N) is 2. The number of likely N-dealkylation sites (N-methyl/N-ethyl adjacent to an activating group) is 1. The van der Waals surface area contributed by atoms with Crippen molar-refractivity contribution in [2.75, 3.05) is 41.6 Å². The molecule has 0 spiro atoms. The van der Waals surface area contributed by atoms with Gasteiger partial charge in [0.2, 0.25) is 0 Å². The van der Waals surface area contributed by atoms with Crippen LogP contribution in [0.1, 0.15) is 78.5 Å². The zero-order valence-corrected chi connectivity index (χ0v) is 44.5. The number of ether oxygens (including phenoxy) is 4. The standard InChI is InChI=1S/C30H34N2O4.C23H23NO3.C5H8N2O2.2CH4O/c1-21(32-3)30(22(2)34)28-18-27(16-13-24(28)10-7-17-33)35-19-23-11-14-26(15-12-23)36-20-29(31)25-8-5-4-6-9-25;1-18-8-12-21(13-9-18)26-16-19-10-14-22(15-11-19)27-17-23(24-25-2)20-6-4-3-5-7-20;6-4-2-1-3-5(8)9-7;2*1-2/h4-6,8-9,11-18,21,31-32,34H,7,10,19-20H2,1-3H3;3-15H,16-17H2,1-2H3;1-3,7H2;2*2H,1H3/b30-22+,31-29?;24-23+;;;. The summed E-state index contributed by atoms with van der Waals surface area (Å²) in [5.41, 5.74) is 8.91. The Labute approximate surface area is 447 Å². The third-order valence-corrected chi connectivity index (χ3v) is 10.8. The van der Waals surface area contributed by atoms with Crippen molar-refractivity contribution in [2.24, 2.45) is 11.1 Å². The molecule has 0 aliphatic carbocycles. The van der Waals surface area contributed by atoms with Crippen LogP contribution in [0.4, 0.5) is 0 Å². The van der Waals surface area contributed by atoms with Crippen molar-refractivity contribution < 1.29 is 53.5 Å². The van der Waals surface area contributed by atoms with Crippen molar-refractivity contribution in [3.8, 4) is 29.1 Å². The lowest BCUT2D eigenvalue weighted by atomic mass is 9.91. The van der Waals surface area contributed by atoms with E-state index in [0.29, 0.717) is 62.7 Å². The Morgan fingerprint density at radius 2 is 1.25 bits per heavy atom. The lowest BCUT2D eigenvalue weighted by molar-refractivity contribution is -0.144. The fraction of sp³-hybridized carbons (Fsp3) is 0.283. The Bertz CT molecular complexity index is 2670. The molecule has 0 saturated carbocycles. The fourth-order valence-corrected chi connectivity index (χ4v) is 6.85. The number of allylic oxidation sites excluding steroid dienone is 1. The number of aldehydes is 1. The molecule has 0 aliphatic heterocycles. The predicted octanol–water partition coefficient (Wildman–Crippen LogP) is 10.1. The third kappa shape index (κ3) is 24.1. The number of nitrogens with one attached hydrogen (secondary N) is 2. The minimum absolute atomic E-state index is 0.0730. The number of nitrogens with two attached hydrogens (primary N) is 1. The predicted molar refractivity (Wildman–Crippen MR) is 298 cm³/mol. The van der Waals surface area contributed by atoms with Crippen molar-refractivity contribution in [1.82, 2.24) is 5.32 Å². The van der Waals surface area contributed by atoms with E-state index in [0.717, 1.165) is 76.7 Å². The summed E-state index contributed by atoms with van der Waals surface area (Å²) in [4.78, 5) is 30.0. The van der Waals surface area contributed by atoms with Crippen LogP contribution in [0.3, 0.4) is 0 Å². The molecule has 7 N–H and O–H groups in total. The van der Waals surface area contributed by atoms with Crippen LogP contribution in [0.5, 0.6) is 23.0 Å². The van der Waals surface area contributed by atoms with E-state index in [-0.39, 0.29) is 24.8 Å². The highest BCUT2D eigenvalue weighted by Gasteiger charge is 2.18. The highest BCUT2D eigenvalue weighted by Crippen LogP contribution is 2.30. The molecule has 6 aromatic rings. The van der Waals surface area contributed by atoms with Gasteiger partial charge in [0, 0.05) is 50.7 Å². The van der Waals surface area contributed by atoms with Crippen LogP contribution in [0.15, 0.2) is 163 Å². The van der Waals surface area contributed by atoms with Gasteiger partial charge in [0.15, 0.2) is 0 Å². The van der Waals surface area contributed by atoms with E-state index in [1.807, 2.05) is 172 Å². The van der Waals surface area contributed by atoms with Crippen LogP contribution >= 0.6 is 0 Å². The third-order valence-electron chi connectivity index (χ3n) is 10.8. The van der Waals surface area contributed by atoms with E-state index in [1.165, 1.54) is 12.7 Å². The van der Waals surface area contributed by atoms with Crippen molar-refractivity contribution in [3.63, 3.8) is 0 Å². The second kappa shape index (κ2) is 38.3. The molecule has 6 aromatic carbocycles. The summed E-state index contributed by atoms with van der Waals surface area (Å²) in [5.74, 6) is 7.29. The fourth-order valence-electron chi connectivity index (χ4n) is 6.85. The molecule has 76 heavy (non-hydrogen) atoms. The van der Waals surface area contributed by atoms with Gasteiger partial charge in [-0.25, -0.2) is 0 Å². The number of aryl methyl sites for hydroxylation is 2. The smallest absolute Gasteiger partial charge is 0.324 e. The molecule has 404 valence electrons. The molecule has 16 heteroatoms. The summed E-state index contributed by atoms with van der Waals surface area (Å²) in [7, 11) is 5.38. The zero-order valence-electron chi connectivity index (χ0n) is 44.5. The first kappa shape index (κ1) is 63.8. The molecule has 0 aliphatic rings. The molecule has 0 radical (unpaired) electrons. The van der Waals surface area contributed by atoms with Crippen LogP contribution in [0.25, 0.3) is 5.57 Å². The first-order chi connectivity index (χ1) is 37.0. The Kier molecular flexibility index (Phi) is 32.1. The number of hydrogen-bond donors (Lipinski definition) is 6. The molecule has 1 atom stereocenters. The van der Waals surface area contributed by atoms with Gasteiger partial charge in [0.25, 0.3) is 0 Å². The number of oxime groups is 1. The Morgan fingerprint density at radius 1 is 0.750 bits per heavy atom. The molecule has 0 saturated heterocycles. The summed E-state index contributed by atoms with van der Waals surface area (Å²) in [6.07, 6.45) is 3.03. The van der Waals surface area contributed by atoms with E-state index < -0.39 is 5.97 Å². The number of carbonyl (C=O) groups excluding carboxylic acids is 2. The van der Waals surface area contributed by atoms with Gasteiger partial charge < -0.3 is 59.5 Å². The van der Waals surface area contributed by atoms with Crippen molar-refractivity contribution >= 4 is 29.3 Å². The minimum Gasteiger partial charge on any atom is -0.512 e. The first-order valence-electron chi connectivity index (χ1n) is 24.3. The molecule has 0 aromatic heterocycles. The molecule has 16 nitrogen and oxygen atoms in total. The summed E-state index contributed by atoms with van der Waals surface area (Å²) in [6.45, 7) is 7.13. The molecule has 0 bridgehead atoms. The van der Waals surface area contributed by atoms with Gasteiger partial charge in [0.05, 0.1) is 17.5 Å². The van der Waals surface area contributed by atoms with Crippen LogP contribution in [0.2, 0.25) is 0 Å². The van der Waals surface area contributed by atoms with Gasteiger partial charge in [-0.2, -0.15) is 11.2 Å². The van der Waals surface area contributed by atoms with Gasteiger partial charge in [-0.15, -0.1) is 0 Å². The van der Waals surface area contributed by atoms with E-state index in [2.05, 4.69) is 28.1 Å². The van der Waals surface area contributed by atoms with Gasteiger partial charge in [0.1, 0.15) is 68.5 Å². The zero-order chi connectivity index (χ0) is 55.9. The second-order valence-corrected chi connectivity index (χ2v) is 16.2. The number of carbonyl (C=O) groups is 2. The number of unbranched alkanes of at least 4 members (excludes halogenated alkanes) is 1. The SMILES string of the molecule is CNC(C)/C(=C(/C)O)c1cc(OCc2ccc(OCC(=N)c3ccccc3)cc2)ccc1CCC=O.CO.CO.CO/N=C(\COc1ccc(COc2ccc(C)cc2)cc1)c1ccccc1.N#CCCCC(=O)ON. The van der Waals surface area contributed by atoms with E-state index in [1.54, 1.807) is 6.92 Å². The highest BCUT2D eigenvalue weighted by molar-refractivity contribution is 6.01. The Morgan fingerprint density at radius 3 is 1.75 bits per heavy atom. The van der Waals surface area contributed by atoms with Crippen LogP contribution in [-0.4, -0.2) is 86.6 Å². The quantitative estimate of drug-likeness (QED) is 0.0109. The molecule has 0 fully saturated rings. The molecule has 1 unspecified atom stereocenters. The van der Waals surface area contributed by atoms with E-state index >= 15 is 0 Å². The van der Waals surface area contributed by atoms with Crippen molar-refractivity contribution in [2.45, 2.75) is 72.1 Å². The number of aliphatic hydroxyl groups excluding tert-OH is 3.